The molecule has 0 unspecified atom stereocenters. The summed E-state index contributed by atoms with van der Waals surface area (Å²) in [6.07, 6.45) is 5.43. The van der Waals surface area contributed by atoms with Crippen molar-refractivity contribution in [3.05, 3.63) is 0 Å². The van der Waals surface area contributed by atoms with Crippen molar-refractivity contribution in [2.45, 2.75) is 52.6 Å². The van der Waals surface area contributed by atoms with Gasteiger partial charge in [-0.05, 0) is 25.9 Å². The van der Waals surface area contributed by atoms with Gasteiger partial charge in [0, 0.05) is 8.31 Å². The van der Waals surface area contributed by atoms with Crippen LogP contribution in [-0.2, 0) is 0 Å². The molecule has 0 aliphatic heterocycles. The lowest BCUT2D eigenvalue weighted by Gasteiger charge is -2.22. The van der Waals surface area contributed by atoms with Gasteiger partial charge in [-0.3, -0.25) is 0 Å². The van der Waals surface area contributed by atoms with Crippen LogP contribution in [0.25, 0.3) is 0 Å². The van der Waals surface area contributed by atoms with Gasteiger partial charge in [0.15, 0.2) is 0 Å². The molecule has 1 nitrogen and oxygen atoms in total. The highest BCUT2D eigenvalue weighted by atomic mass is 29.2. The summed E-state index contributed by atoms with van der Waals surface area (Å²) in [5, 5.41) is 0. The molecule has 0 heterocycles. The fourth-order valence-electron chi connectivity index (χ4n) is 1.24. The van der Waals surface area contributed by atoms with E-state index in [2.05, 4.69) is 31.5 Å². The molecule has 0 spiro atoms. The molecule has 0 atom stereocenters. The van der Waals surface area contributed by atoms with Crippen LogP contribution >= 0.6 is 0 Å². The minimum atomic E-state index is -0.0396. The van der Waals surface area contributed by atoms with Crippen molar-refractivity contribution in [3.8, 4) is 0 Å². The third-order valence-corrected chi connectivity index (χ3v) is 5.45. The summed E-state index contributed by atoms with van der Waals surface area (Å²) in [5.74, 6) is 0. The lowest BCUT2D eigenvalue weighted by Crippen LogP contribution is -2.37. The smallest absolute Gasteiger partial charge is 0.124 e. The average Bonchev–Trinajstić information content (AvgIpc) is 2.09. The highest BCUT2D eigenvalue weighted by Gasteiger charge is 2.07. The molecule has 0 amide bonds. The van der Waals surface area contributed by atoms with E-state index in [0.717, 1.165) is 9.20 Å². The van der Waals surface area contributed by atoms with Gasteiger partial charge in [0.2, 0.25) is 0 Å². The van der Waals surface area contributed by atoms with Crippen LogP contribution in [-0.4, -0.2) is 35.2 Å². The molecule has 0 fully saturated rings. The molecule has 0 aromatic heterocycles. The highest BCUT2D eigenvalue weighted by molar-refractivity contribution is 7.09. The average molecular weight is 214 g/mol. The minimum absolute atomic E-state index is 0.0396. The fourth-order valence-corrected chi connectivity index (χ4v) is 4.98. The van der Waals surface area contributed by atoms with Gasteiger partial charge in [-0.25, -0.2) is 0 Å². The van der Waals surface area contributed by atoms with Gasteiger partial charge in [0.25, 0.3) is 0 Å². The normalized spacial score (nSPS) is 11.5. The molecule has 0 aromatic carbocycles. The van der Waals surface area contributed by atoms with Gasteiger partial charge in [-0.1, -0.05) is 39.8 Å². The molecule has 0 bridgehead atoms. The molecule has 0 rings (SSSR count). The molecule has 3 radical (unpaired) electrons. The predicted octanol–water partition coefficient (Wildman–Crippen LogP) is 2.76. The first-order valence-corrected chi connectivity index (χ1v) is 9.97. The monoisotopic (exact) mass is 214 g/mol. The van der Waals surface area contributed by atoms with Gasteiger partial charge in [0.1, 0.15) is 9.20 Å². The maximum atomic E-state index is 2.70. The maximum Gasteiger partial charge on any atom is 0.124 e. The second kappa shape index (κ2) is 8.97. The molecular formula is C10H24NSi2. The third-order valence-electron chi connectivity index (χ3n) is 1.94. The topological polar surface area (TPSA) is 3.24 Å². The Morgan fingerprint density at radius 2 is 1.46 bits per heavy atom. The number of hydrogen-bond acceptors (Lipinski definition) is 1. The van der Waals surface area contributed by atoms with E-state index in [-0.39, 0.29) is 8.31 Å². The van der Waals surface area contributed by atoms with E-state index in [1.165, 1.54) is 38.8 Å². The summed E-state index contributed by atoms with van der Waals surface area (Å²) < 4.78 is 2.70. The van der Waals surface area contributed by atoms with E-state index in [9.17, 15) is 0 Å². The summed E-state index contributed by atoms with van der Waals surface area (Å²) in [4.78, 5) is 0. The van der Waals surface area contributed by atoms with Gasteiger partial charge < -0.3 is 4.57 Å². The van der Waals surface area contributed by atoms with Crippen molar-refractivity contribution in [3.63, 3.8) is 0 Å². The van der Waals surface area contributed by atoms with Crippen molar-refractivity contribution < 1.29 is 0 Å². The van der Waals surface area contributed by atoms with Crippen LogP contribution in [0, 0.1) is 0 Å². The van der Waals surface area contributed by atoms with Crippen LogP contribution in [0.1, 0.15) is 39.5 Å². The van der Waals surface area contributed by atoms with E-state index >= 15 is 0 Å². The molecule has 0 aliphatic rings. The van der Waals surface area contributed by atoms with Crippen molar-refractivity contribution in [2.75, 3.05) is 13.1 Å². The largest absolute Gasteiger partial charge is 0.328 e. The fraction of sp³-hybridized carbons (Fsp3) is 1.00. The van der Waals surface area contributed by atoms with Crippen LogP contribution in [0.4, 0.5) is 0 Å². The Labute approximate surface area is 88.2 Å². The zero-order valence-corrected chi connectivity index (χ0v) is 11.7. The minimum Gasteiger partial charge on any atom is -0.328 e. The zero-order chi connectivity index (χ0) is 10.1. The second-order valence-electron chi connectivity index (χ2n) is 3.81. The van der Waals surface area contributed by atoms with Crippen LogP contribution in [0.5, 0.6) is 0 Å². The first kappa shape index (κ1) is 13.4. The molecule has 3 heteroatoms. The van der Waals surface area contributed by atoms with Crippen molar-refractivity contribution in [2.24, 2.45) is 0 Å². The number of rotatable bonds is 8. The zero-order valence-electron chi connectivity index (χ0n) is 9.69. The Hall–Kier alpha value is 0.394. The standard InChI is InChI=1S/C10H24NSi2/c1-5-7-9-11(10-8-6-2)12-13(3)4/h5-10H2,1-4H3. The molecule has 13 heavy (non-hydrogen) atoms. The van der Waals surface area contributed by atoms with E-state index in [1.54, 1.807) is 0 Å². The first-order valence-electron chi connectivity index (χ1n) is 5.52. The predicted molar refractivity (Wildman–Crippen MR) is 64.6 cm³/mol. The first-order chi connectivity index (χ1) is 6.20. The molecule has 0 saturated carbocycles. The Bertz CT molecular complexity index is 99.1. The summed E-state index contributed by atoms with van der Waals surface area (Å²) >= 11 is 0. The molecule has 0 saturated heterocycles. The number of unbranched alkanes of at least 4 members (excludes halogenated alkanes) is 2. The summed E-state index contributed by atoms with van der Waals surface area (Å²) in [6, 6.07) is 0. The number of hydrogen-bond donors (Lipinski definition) is 0. The van der Waals surface area contributed by atoms with E-state index < -0.39 is 0 Å². The molecule has 0 N–H and O–H groups in total. The molecule has 0 aromatic rings. The van der Waals surface area contributed by atoms with Crippen molar-refractivity contribution in [1.82, 2.24) is 4.57 Å². The van der Waals surface area contributed by atoms with E-state index in [0.29, 0.717) is 0 Å². The third kappa shape index (κ3) is 8.72. The summed E-state index contributed by atoms with van der Waals surface area (Å²) in [6.45, 7) is 12.1. The summed E-state index contributed by atoms with van der Waals surface area (Å²) in [5.41, 5.74) is 0. The Kier molecular flexibility index (Phi) is 9.24. The lowest BCUT2D eigenvalue weighted by molar-refractivity contribution is 0.425. The van der Waals surface area contributed by atoms with Crippen molar-refractivity contribution >= 4 is 17.5 Å². The maximum absolute atomic E-state index is 2.70. The SMILES string of the molecule is CCCCN(CCCC)[Si][Si](C)C. The number of nitrogens with zero attached hydrogens (tertiary/aromatic N) is 1. The Balaban J connectivity index is 3.60. The Morgan fingerprint density at radius 1 is 1.00 bits per heavy atom. The van der Waals surface area contributed by atoms with Gasteiger partial charge in [0.05, 0.1) is 0 Å². The second-order valence-corrected chi connectivity index (χ2v) is 10.3. The van der Waals surface area contributed by atoms with Gasteiger partial charge >= 0.3 is 0 Å². The molecule has 77 valence electrons. The van der Waals surface area contributed by atoms with E-state index in [4.69, 9.17) is 0 Å². The van der Waals surface area contributed by atoms with Gasteiger partial charge in [-0.2, -0.15) is 0 Å². The molecule has 0 aliphatic carbocycles. The molecular weight excluding hydrogens is 190 g/mol. The quantitative estimate of drug-likeness (QED) is 0.562. The summed E-state index contributed by atoms with van der Waals surface area (Å²) in [7, 11) is 1.10. The van der Waals surface area contributed by atoms with E-state index in [1.807, 2.05) is 0 Å². The highest BCUT2D eigenvalue weighted by Crippen LogP contribution is 1.98. The van der Waals surface area contributed by atoms with Crippen LogP contribution in [0.15, 0.2) is 0 Å². The lowest BCUT2D eigenvalue weighted by atomic mass is 10.3. The Morgan fingerprint density at radius 3 is 1.77 bits per heavy atom. The van der Waals surface area contributed by atoms with Crippen LogP contribution in [0.3, 0.4) is 0 Å². The van der Waals surface area contributed by atoms with Crippen molar-refractivity contribution in [1.29, 1.82) is 0 Å². The van der Waals surface area contributed by atoms with Crippen LogP contribution < -0.4 is 0 Å². The van der Waals surface area contributed by atoms with Crippen LogP contribution in [0.2, 0.25) is 13.1 Å². The van der Waals surface area contributed by atoms with Gasteiger partial charge in [-0.15, -0.1) is 0 Å².